The normalized spacial score (nSPS) is 31.6. The smallest absolute Gasteiger partial charge is 0.462 e. The van der Waals surface area contributed by atoms with Crippen LogP contribution in [0.2, 0.25) is 44.3 Å². The third-order valence-electron chi connectivity index (χ3n) is 9.12. The summed E-state index contributed by atoms with van der Waals surface area (Å²) in [6, 6.07) is 6.04. The van der Waals surface area contributed by atoms with Crippen molar-refractivity contribution in [2.75, 3.05) is 0 Å². The van der Waals surface area contributed by atoms with Gasteiger partial charge in [0.1, 0.15) is 16.5 Å². The Balaban J connectivity index is 1.54. The lowest BCUT2D eigenvalue weighted by Gasteiger charge is -2.64. The molecule has 4 nitrogen and oxygen atoms in total. The molecule has 2 aromatic rings. The fourth-order valence-corrected chi connectivity index (χ4v) is 18.5. The molecule has 8 heteroatoms. The lowest BCUT2D eigenvalue weighted by atomic mass is 9.43. The van der Waals surface area contributed by atoms with Gasteiger partial charge in [0.05, 0.1) is 23.0 Å². The summed E-state index contributed by atoms with van der Waals surface area (Å²) in [5.74, 6) is 1.47. The SMILES string of the molecule is CC1(C)[C@@H]2C[C@H]3OB([C@H](Cc4coc5c(Cl)cccc45)N([Si](C)(C)C)[Si](C)(C)C)O[C@@]3(C)[C@H]1C2. The number of benzene rings is 1. The molecule has 6 rings (SSSR count). The van der Waals surface area contributed by atoms with E-state index in [0.29, 0.717) is 16.4 Å². The first kappa shape index (κ1) is 25.1. The number of hydrogen-bond acceptors (Lipinski definition) is 4. The number of nitrogens with zero attached hydrogens (tertiary/aromatic N) is 1. The summed E-state index contributed by atoms with van der Waals surface area (Å²) in [4.78, 5) is 0. The Hall–Kier alpha value is -0.571. The van der Waals surface area contributed by atoms with Gasteiger partial charge in [-0.1, -0.05) is 76.9 Å². The van der Waals surface area contributed by atoms with Gasteiger partial charge in [-0.05, 0) is 55.1 Å². The van der Waals surface area contributed by atoms with E-state index in [-0.39, 0.29) is 24.8 Å². The summed E-state index contributed by atoms with van der Waals surface area (Å²) in [7, 11) is -3.62. The van der Waals surface area contributed by atoms with Crippen LogP contribution in [0.4, 0.5) is 0 Å². The molecule has 0 N–H and O–H groups in total. The van der Waals surface area contributed by atoms with Crippen LogP contribution < -0.4 is 0 Å². The Morgan fingerprint density at radius 1 is 1.09 bits per heavy atom. The van der Waals surface area contributed by atoms with Crippen molar-refractivity contribution in [1.29, 1.82) is 0 Å². The molecule has 34 heavy (non-hydrogen) atoms. The molecule has 3 aliphatic carbocycles. The van der Waals surface area contributed by atoms with E-state index in [0.717, 1.165) is 29.7 Å². The number of hydrogen-bond donors (Lipinski definition) is 0. The molecular formula is C26H41BClNO3Si2. The highest BCUT2D eigenvalue weighted by molar-refractivity contribution is 6.90. The molecule has 2 bridgehead atoms. The number of halogens is 1. The quantitative estimate of drug-likeness (QED) is 0.378. The lowest BCUT2D eigenvalue weighted by molar-refractivity contribution is -0.199. The zero-order chi connectivity index (χ0) is 24.8. The van der Waals surface area contributed by atoms with Crippen LogP contribution in [-0.4, -0.2) is 45.5 Å². The molecule has 1 aromatic carbocycles. The maximum absolute atomic E-state index is 7.08. The van der Waals surface area contributed by atoms with Gasteiger partial charge in [-0.25, -0.2) is 0 Å². The van der Waals surface area contributed by atoms with E-state index < -0.39 is 16.5 Å². The number of fused-ring (bicyclic) bond motifs is 1. The molecule has 1 aromatic heterocycles. The molecule has 3 saturated carbocycles. The maximum Gasteiger partial charge on any atom is 0.475 e. The van der Waals surface area contributed by atoms with Crippen LogP contribution >= 0.6 is 11.6 Å². The fraction of sp³-hybridized carbons (Fsp3) is 0.692. The van der Waals surface area contributed by atoms with Crippen molar-refractivity contribution in [3.8, 4) is 0 Å². The second-order valence-corrected chi connectivity index (χ2v) is 24.2. The summed E-state index contributed by atoms with van der Waals surface area (Å²) >= 11 is 6.45. The molecule has 1 saturated heterocycles. The highest BCUT2D eigenvalue weighted by Gasteiger charge is 2.69. The Bertz CT molecular complexity index is 1080. The number of furan rings is 1. The minimum atomic E-state index is -1.69. The van der Waals surface area contributed by atoms with Crippen molar-refractivity contribution < 1.29 is 13.7 Å². The topological polar surface area (TPSA) is 34.8 Å². The van der Waals surface area contributed by atoms with Crippen molar-refractivity contribution in [3.05, 3.63) is 35.0 Å². The second-order valence-electron chi connectivity index (χ2n) is 13.7. The third kappa shape index (κ3) is 3.81. The van der Waals surface area contributed by atoms with Gasteiger partial charge in [0.2, 0.25) is 0 Å². The van der Waals surface area contributed by atoms with Gasteiger partial charge in [0.15, 0.2) is 5.58 Å². The predicted octanol–water partition coefficient (Wildman–Crippen LogP) is 7.24. The van der Waals surface area contributed by atoms with Crippen LogP contribution in [0.5, 0.6) is 0 Å². The summed E-state index contributed by atoms with van der Waals surface area (Å²) in [6.45, 7) is 22.0. The molecule has 0 unspecified atom stereocenters. The van der Waals surface area contributed by atoms with Gasteiger partial charge >= 0.3 is 7.12 Å². The minimum Gasteiger partial charge on any atom is -0.462 e. The highest BCUT2D eigenvalue weighted by atomic mass is 35.5. The molecule has 0 amide bonds. The van der Waals surface area contributed by atoms with Crippen LogP contribution in [0.25, 0.3) is 11.0 Å². The summed E-state index contributed by atoms with van der Waals surface area (Å²) < 4.78 is 22.8. The zero-order valence-electron chi connectivity index (χ0n) is 22.4. The van der Waals surface area contributed by atoms with Crippen LogP contribution in [0.3, 0.4) is 0 Å². The number of rotatable bonds is 6. The van der Waals surface area contributed by atoms with E-state index in [9.17, 15) is 0 Å². The molecule has 4 aliphatic rings. The van der Waals surface area contributed by atoms with Gasteiger partial charge in [-0.3, -0.25) is 0 Å². The van der Waals surface area contributed by atoms with Gasteiger partial charge in [0, 0.05) is 11.3 Å². The van der Waals surface area contributed by atoms with Crippen LogP contribution in [0, 0.1) is 17.3 Å². The Kier molecular flexibility index (Phi) is 5.88. The van der Waals surface area contributed by atoms with Crippen LogP contribution in [-0.2, 0) is 15.7 Å². The van der Waals surface area contributed by atoms with Crippen molar-refractivity contribution >= 4 is 46.2 Å². The Morgan fingerprint density at radius 2 is 1.76 bits per heavy atom. The van der Waals surface area contributed by atoms with Crippen molar-refractivity contribution in [1.82, 2.24) is 4.23 Å². The first-order valence-corrected chi connectivity index (χ1v) is 20.2. The van der Waals surface area contributed by atoms with Gasteiger partial charge in [-0.2, -0.15) is 0 Å². The average molecular weight is 518 g/mol. The predicted molar refractivity (Wildman–Crippen MR) is 147 cm³/mol. The van der Waals surface area contributed by atoms with E-state index in [1.54, 1.807) is 0 Å². The molecular weight excluding hydrogens is 477 g/mol. The molecule has 1 aliphatic heterocycles. The van der Waals surface area contributed by atoms with Gasteiger partial charge in [0.25, 0.3) is 0 Å². The Labute approximate surface area is 213 Å². The van der Waals surface area contributed by atoms with Gasteiger partial charge in [-0.15, -0.1) is 0 Å². The van der Waals surface area contributed by atoms with Crippen LogP contribution in [0.1, 0.15) is 39.2 Å². The standard InChI is InChI=1S/C26H41BClNO3Si2/c1-25(2)18-14-21(25)26(3)22(15-18)31-27(32-26)23(29(33(4,5)6)34(7,8)9)13-17-16-30-24-19(17)11-10-12-20(24)28/h10-12,16,18,21-23H,13-15H2,1-9H3/t18-,21-,22+,23-,26-/m0/s1. The van der Waals surface area contributed by atoms with E-state index in [2.05, 4.69) is 70.4 Å². The zero-order valence-corrected chi connectivity index (χ0v) is 25.1. The summed E-state index contributed by atoms with van der Waals surface area (Å²) in [6.07, 6.45) is 5.33. The number of para-hydroxylation sites is 1. The summed E-state index contributed by atoms with van der Waals surface area (Å²) in [5, 5.41) is 1.77. The first-order valence-electron chi connectivity index (χ1n) is 12.9. The molecule has 4 fully saturated rings. The van der Waals surface area contributed by atoms with E-state index in [1.165, 1.54) is 12.0 Å². The molecule has 0 spiro atoms. The van der Waals surface area contributed by atoms with Crippen LogP contribution in [0.15, 0.2) is 28.9 Å². The maximum atomic E-state index is 7.08. The second kappa shape index (κ2) is 7.96. The van der Waals surface area contributed by atoms with Crippen molar-refractivity contribution in [3.63, 3.8) is 0 Å². The highest BCUT2D eigenvalue weighted by Crippen LogP contribution is 2.66. The summed E-state index contributed by atoms with van der Waals surface area (Å²) in [5.41, 5.74) is 2.11. The Morgan fingerprint density at radius 3 is 2.38 bits per heavy atom. The monoisotopic (exact) mass is 517 g/mol. The van der Waals surface area contributed by atoms with E-state index in [1.807, 2.05) is 18.4 Å². The minimum absolute atomic E-state index is 0.154. The first-order chi connectivity index (χ1) is 15.6. The average Bonchev–Trinajstić information content (AvgIpc) is 3.26. The molecule has 5 atom stereocenters. The molecule has 0 radical (unpaired) electrons. The van der Waals surface area contributed by atoms with E-state index >= 15 is 0 Å². The van der Waals surface area contributed by atoms with Crippen molar-refractivity contribution in [2.24, 2.45) is 17.3 Å². The third-order valence-corrected chi connectivity index (χ3v) is 17.0. The van der Waals surface area contributed by atoms with Gasteiger partial charge < -0.3 is 18.0 Å². The lowest BCUT2D eigenvalue weighted by Crippen LogP contribution is -2.68. The molecule has 186 valence electrons. The van der Waals surface area contributed by atoms with Crippen molar-refractivity contribution in [2.45, 2.75) is 97.0 Å². The fourth-order valence-electron chi connectivity index (χ4n) is 7.83. The van der Waals surface area contributed by atoms with E-state index in [4.69, 9.17) is 25.3 Å². The largest absolute Gasteiger partial charge is 0.475 e. The molecule has 2 heterocycles.